The van der Waals surface area contributed by atoms with Gasteiger partial charge in [-0.15, -0.1) is 0 Å². The summed E-state index contributed by atoms with van der Waals surface area (Å²) in [6.45, 7) is 0. The van der Waals surface area contributed by atoms with Gasteiger partial charge in [-0.3, -0.25) is 20.2 Å². The Morgan fingerprint density at radius 2 is 0.551 bits per heavy atom. The fourth-order valence-electron chi connectivity index (χ4n) is 6.53. The zero-order chi connectivity index (χ0) is 53.6. The normalized spacial score (nSPS) is 13.5. The largest absolute Gasteiger partial charge is 0.559 e. The predicted molar refractivity (Wildman–Crippen MR) is 196 cm³/mol. The van der Waals surface area contributed by atoms with Crippen molar-refractivity contribution in [3.8, 4) is 0 Å². The molecule has 69 heavy (non-hydrogen) atoms. The summed E-state index contributed by atoms with van der Waals surface area (Å²) in [4.78, 5) is 18.1. The van der Waals surface area contributed by atoms with Crippen LogP contribution in [0.25, 0.3) is 0 Å². The van der Waals surface area contributed by atoms with Crippen LogP contribution in [0.4, 0.5) is 105 Å². The molecule has 0 radical (unpaired) electrons. The molecule has 6 nitrogen and oxygen atoms in total. The number of rotatable bonds is 8. The lowest BCUT2D eigenvalue weighted by atomic mass is 9.12. The highest BCUT2D eigenvalue weighted by Crippen LogP contribution is 2.41. The first-order chi connectivity index (χ1) is 30.7. The molecule has 380 valence electrons. The van der Waals surface area contributed by atoms with Gasteiger partial charge in [0, 0.05) is 0 Å². The quantitative estimate of drug-likeness (QED) is 0.0578. The molecule has 0 aliphatic carbocycles. The molecule has 0 aromatic heterocycles. The number of benzene rings is 4. The lowest BCUT2D eigenvalue weighted by molar-refractivity contribution is -0.616. The molecule has 4 aromatic rings. The summed E-state index contributed by atoms with van der Waals surface area (Å²) in [6.07, 6.45) is -50.1. The number of hydrogen-bond donors (Lipinski definition) is 0. The summed E-state index contributed by atoms with van der Waals surface area (Å²) in [5, 5.41) is 20.1. The van der Waals surface area contributed by atoms with E-state index in [-0.39, 0.29) is 10.9 Å². The molecule has 0 spiro atoms. The van der Waals surface area contributed by atoms with E-state index in [1.807, 2.05) is 12.5 Å². The van der Waals surface area contributed by atoms with Crippen LogP contribution in [-0.4, -0.2) is 34.3 Å². The van der Waals surface area contributed by atoms with E-state index in [9.17, 15) is 126 Å². The summed E-state index contributed by atoms with van der Waals surface area (Å²) < 4.78 is 341. The van der Waals surface area contributed by atoms with E-state index in [2.05, 4.69) is 0 Å². The smallest absolute Gasteiger partial charge is 0.253 e. The molecule has 0 unspecified atom stereocenters. The van der Waals surface area contributed by atoms with Crippen LogP contribution in [0.5, 0.6) is 0 Å². The minimum absolute atomic E-state index is 0.0545. The maximum atomic E-state index is 14.2. The molecule has 0 bridgehead atoms. The molecule has 0 heterocycles. The fourth-order valence-corrected chi connectivity index (χ4v) is 7.01. The van der Waals surface area contributed by atoms with Crippen LogP contribution >= 0.6 is 0 Å². The van der Waals surface area contributed by atoms with E-state index >= 15 is 0 Å². The average molecular weight is 1060 g/mol. The Bertz CT molecular complexity index is 2130. The van der Waals surface area contributed by atoms with Gasteiger partial charge < -0.3 is 0 Å². The standard InChI is InChI=1S/C32H12BF24.C5H9N2O4S/c34-25(35,36)13-1-14(26(37,38)39)6-21(5-13)33(22-7-15(27(40,41)42)2-16(8-22)28(43,44)45,23-9-17(29(46,47)48)3-18(10-23)30(49,50)51)24-11-19(31(52,53)54)4-20(12-24)32(55,56)57;1-12(2)4-3-5(6(8)9)7(10)11/h1-12H;3H,4H2,1-2H3/q-1;+1. The highest BCUT2D eigenvalue weighted by atomic mass is 32.2. The van der Waals surface area contributed by atoms with Crippen molar-refractivity contribution in [2.75, 3.05) is 18.3 Å². The van der Waals surface area contributed by atoms with Crippen LogP contribution in [-0.2, 0) is 60.3 Å². The molecule has 0 saturated heterocycles. The second kappa shape index (κ2) is 19.2. The zero-order valence-electron chi connectivity index (χ0n) is 33.3. The van der Waals surface area contributed by atoms with Crippen LogP contribution in [0, 0.1) is 20.2 Å². The van der Waals surface area contributed by atoms with Crippen molar-refractivity contribution in [2.24, 2.45) is 0 Å². The van der Waals surface area contributed by atoms with Crippen molar-refractivity contribution in [3.63, 3.8) is 0 Å². The van der Waals surface area contributed by atoms with Gasteiger partial charge in [0.25, 0.3) is 0 Å². The van der Waals surface area contributed by atoms with E-state index in [0.29, 0.717) is 5.75 Å². The number of nitro groups is 2. The summed E-state index contributed by atoms with van der Waals surface area (Å²) in [5.41, 5.74) is -30.2. The number of halogens is 24. The first-order valence-electron chi connectivity index (χ1n) is 17.6. The second-order valence-electron chi connectivity index (χ2n) is 14.5. The molecule has 0 saturated carbocycles. The molecule has 0 amide bonds. The van der Waals surface area contributed by atoms with Crippen LogP contribution in [0.2, 0.25) is 0 Å². The van der Waals surface area contributed by atoms with Gasteiger partial charge in [0.05, 0.1) is 57.0 Å². The Morgan fingerprint density at radius 1 is 0.391 bits per heavy atom. The van der Waals surface area contributed by atoms with Gasteiger partial charge in [-0.2, -0.15) is 127 Å². The number of nitrogens with zero attached hydrogens (tertiary/aromatic N) is 2. The van der Waals surface area contributed by atoms with Gasteiger partial charge in [0.1, 0.15) is 27.8 Å². The first kappa shape index (κ1) is 57.5. The Balaban J connectivity index is 0.000000922. The summed E-state index contributed by atoms with van der Waals surface area (Å²) in [6, 6.07) is -8.81. The summed E-state index contributed by atoms with van der Waals surface area (Å²) in [7, 11) is -0.0545. The topological polar surface area (TPSA) is 86.3 Å². The molecule has 0 atom stereocenters. The maximum Gasteiger partial charge on any atom is 0.559 e. The predicted octanol–water partition coefficient (Wildman–Crippen LogP) is 11.5. The molecule has 4 rings (SSSR count). The van der Waals surface area contributed by atoms with Gasteiger partial charge in [0.15, 0.2) is 0 Å². The third-order valence-corrected chi connectivity index (χ3v) is 10.2. The highest BCUT2D eigenvalue weighted by Gasteiger charge is 2.47. The van der Waals surface area contributed by atoms with Gasteiger partial charge in [-0.1, -0.05) is 48.5 Å². The molecular weight excluding hydrogens is 1040 g/mol. The molecule has 0 fully saturated rings. The maximum absolute atomic E-state index is 14.2. The lowest BCUT2D eigenvalue weighted by Gasteiger charge is -2.46. The third kappa shape index (κ3) is 13.9. The molecule has 4 aromatic carbocycles. The van der Waals surface area contributed by atoms with Gasteiger partial charge in [-0.25, -0.2) is 0 Å². The van der Waals surface area contributed by atoms with Crippen molar-refractivity contribution in [2.45, 2.75) is 49.4 Å². The summed E-state index contributed by atoms with van der Waals surface area (Å²) >= 11 is 0. The van der Waals surface area contributed by atoms with Gasteiger partial charge in [-0.05, 0) is 35.2 Å². The zero-order valence-corrected chi connectivity index (χ0v) is 34.1. The van der Waals surface area contributed by atoms with Crippen LogP contribution in [0.15, 0.2) is 84.7 Å². The van der Waals surface area contributed by atoms with E-state index < -0.39 is 210 Å². The third-order valence-electron chi connectivity index (χ3n) is 9.41. The van der Waals surface area contributed by atoms with Crippen LogP contribution < -0.4 is 21.9 Å². The Hall–Kier alpha value is -5.85. The Kier molecular flexibility index (Phi) is 16.0. The highest BCUT2D eigenvalue weighted by molar-refractivity contribution is 7.95. The average Bonchev–Trinajstić information content (AvgIpc) is 3.15. The fraction of sp³-hybridized carbons (Fsp3) is 0.297. The minimum Gasteiger partial charge on any atom is -0.253 e. The first-order valence-corrected chi connectivity index (χ1v) is 19.8. The molecular formula is C37H21BF24N2O4S. The lowest BCUT2D eigenvalue weighted by Crippen LogP contribution is -2.75. The van der Waals surface area contributed by atoms with Crippen molar-refractivity contribution < 1.29 is 115 Å². The molecule has 32 heteroatoms. The van der Waals surface area contributed by atoms with Crippen molar-refractivity contribution in [1.82, 2.24) is 0 Å². The SMILES string of the molecule is C[S+](C)CC=C([N+](=O)[O-])[N+](=O)[O-].FC(F)(F)c1cc([B-](c2cc(C(F)(F)F)cc(C(F)(F)F)c2)(c2cc(C(F)(F)F)cc(C(F)(F)F)c2)c2cc(C(F)(F)F)cc(C(F)(F)F)c2)cc(C(F)(F)F)c1. The van der Waals surface area contributed by atoms with E-state index in [1.165, 1.54) is 0 Å². The number of hydrogen-bond acceptors (Lipinski definition) is 4. The Morgan fingerprint density at radius 3 is 0.667 bits per heavy atom. The van der Waals surface area contributed by atoms with Gasteiger partial charge in [0.2, 0.25) is 0 Å². The minimum atomic E-state index is -6.13. The molecule has 0 aliphatic rings. The molecule has 0 aliphatic heterocycles. The van der Waals surface area contributed by atoms with Crippen molar-refractivity contribution in [3.05, 3.63) is 149 Å². The second-order valence-corrected chi connectivity index (χ2v) is 16.8. The monoisotopic (exact) mass is 1060 g/mol. The van der Waals surface area contributed by atoms with Gasteiger partial charge >= 0.3 is 55.2 Å². The van der Waals surface area contributed by atoms with Crippen LogP contribution in [0.1, 0.15) is 44.5 Å². The Labute approximate surface area is 371 Å². The number of alkyl halides is 24. The summed E-state index contributed by atoms with van der Waals surface area (Å²) in [5.74, 6) is -0.562. The van der Waals surface area contributed by atoms with E-state index in [4.69, 9.17) is 0 Å². The van der Waals surface area contributed by atoms with Crippen molar-refractivity contribution in [1.29, 1.82) is 0 Å². The van der Waals surface area contributed by atoms with Crippen LogP contribution in [0.3, 0.4) is 0 Å². The van der Waals surface area contributed by atoms with E-state index in [0.717, 1.165) is 6.08 Å². The van der Waals surface area contributed by atoms with Crippen molar-refractivity contribution >= 4 is 38.9 Å². The van der Waals surface area contributed by atoms with E-state index in [1.54, 1.807) is 0 Å². The molecule has 0 N–H and O–H groups in total.